The summed E-state index contributed by atoms with van der Waals surface area (Å²) < 4.78 is 18.5. The van der Waals surface area contributed by atoms with Crippen LogP contribution in [0.25, 0.3) is 11.4 Å². The lowest BCUT2D eigenvalue weighted by molar-refractivity contribution is 0.372. The SMILES string of the molecule is CNCc1nc(-c2ccc(F)cc2Br)no1. The molecule has 16 heavy (non-hydrogen) atoms. The number of hydrogen-bond acceptors (Lipinski definition) is 4. The number of nitrogens with zero attached hydrogens (tertiary/aromatic N) is 2. The predicted molar refractivity (Wildman–Crippen MR) is 60.2 cm³/mol. The summed E-state index contributed by atoms with van der Waals surface area (Å²) in [6.07, 6.45) is 0. The van der Waals surface area contributed by atoms with Gasteiger partial charge in [-0.3, -0.25) is 0 Å². The van der Waals surface area contributed by atoms with Crippen molar-refractivity contribution in [2.75, 3.05) is 7.05 Å². The van der Waals surface area contributed by atoms with E-state index in [1.807, 2.05) is 0 Å². The molecule has 2 rings (SSSR count). The minimum absolute atomic E-state index is 0.311. The predicted octanol–water partition coefficient (Wildman–Crippen LogP) is 2.36. The van der Waals surface area contributed by atoms with Gasteiger partial charge in [0.05, 0.1) is 6.54 Å². The molecule has 0 aliphatic heterocycles. The van der Waals surface area contributed by atoms with E-state index in [1.54, 1.807) is 13.1 Å². The minimum Gasteiger partial charge on any atom is -0.338 e. The quantitative estimate of drug-likeness (QED) is 0.941. The number of hydrogen-bond donors (Lipinski definition) is 1. The number of halogens is 2. The Bertz CT molecular complexity index is 501. The zero-order valence-corrected chi connectivity index (χ0v) is 10.1. The first-order chi connectivity index (χ1) is 7.70. The van der Waals surface area contributed by atoms with Gasteiger partial charge in [0.25, 0.3) is 0 Å². The number of rotatable bonds is 3. The van der Waals surface area contributed by atoms with Crippen LogP contribution in [0.2, 0.25) is 0 Å². The molecule has 0 amide bonds. The molecular weight excluding hydrogens is 277 g/mol. The van der Waals surface area contributed by atoms with Crippen LogP contribution in [-0.4, -0.2) is 17.2 Å². The second kappa shape index (κ2) is 4.71. The molecule has 1 aromatic heterocycles. The third kappa shape index (κ3) is 2.28. The zero-order chi connectivity index (χ0) is 11.5. The molecule has 1 heterocycles. The lowest BCUT2D eigenvalue weighted by atomic mass is 10.2. The van der Waals surface area contributed by atoms with Crippen LogP contribution in [-0.2, 0) is 6.54 Å². The van der Waals surface area contributed by atoms with Crippen molar-refractivity contribution in [3.8, 4) is 11.4 Å². The largest absolute Gasteiger partial charge is 0.338 e. The van der Waals surface area contributed by atoms with E-state index in [0.29, 0.717) is 28.3 Å². The van der Waals surface area contributed by atoms with Gasteiger partial charge >= 0.3 is 0 Å². The van der Waals surface area contributed by atoms with Crippen molar-refractivity contribution in [3.63, 3.8) is 0 Å². The topological polar surface area (TPSA) is 51.0 Å². The average molecular weight is 286 g/mol. The van der Waals surface area contributed by atoms with Crippen LogP contribution in [0.3, 0.4) is 0 Å². The first-order valence-corrected chi connectivity index (χ1v) is 5.42. The Morgan fingerprint density at radius 2 is 2.31 bits per heavy atom. The molecule has 0 aliphatic rings. The van der Waals surface area contributed by atoms with Crippen LogP contribution in [0, 0.1) is 5.82 Å². The number of benzene rings is 1. The maximum Gasteiger partial charge on any atom is 0.240 e. The smallest absolute Gasteiger partial charge is 0.240 e. The summed E-state index contributed by atoms with van der Waals surface area (Å²) in [5, 5.41) is 6.72. The second-order valence-corrected chi connectivity index (χ2v) is 4.02. The van der Waals surface area contributed by atoms with E-state index in [9.17, 15) is 4.39 Å². The Balaban J connectivity index is 2.35. The molecule has 1 N–H and O–H groups in total. The maximum absolute atomic E-state index is 12.9. The number of aromatic nitrogens is 2. The van der Waals surface area contributed by atoms with E-state index < -0.39 is 0 Å². The van der Waals surface area contributed by atoms with Crippen molar-refractivity contribution in [2.45, 2.75) is 6.54 Å². The van der Waals surface area contributed by atoms with Gasteiger partial charge < -0.3 is 9.84 Å². The van der Waals surface area contributed by atoms with E-state index in [0.717, 1.165) is 0 Å². The fourth-order valence-electron chi connectivity index (χ4n) is 1.26. The zero-order valence-electron chi connectivity index (χ0n) is 8.50. The van der Waals surface area contributed by atoms with E-state index >= 15 is 0 Å². The standard InChI is InChI=1S/C10H9BrFN3O/c1-13-5-9-14-10(15-16-9)7-3-2-6(12)4-8(7)11/h2-4,13H,5H2,1H3. The summed E-state index contributed by atoms with van der Waals surface area (Å²) in [6, 6.07) is 4.32. The summed E-state index contributed by atoms with van der Waals surface area (Å²) in [6.45, 7) is 0.506. The van der Waals surface area contributed by atoms with Crippen LogP contribution in [0.4, 0.5) is 4.39 Å². The fourth-order valence-corrected chi connectivity index (χ4v) is 1.79. The molecule has 0 unspecified atom stereocenters. The normalized spacial score (nSPS) is 10.7. The Labute approximate surface area is 100.0 Å². The number of nitrogens with one attached hydrogen (secondary N) is 1. The summed E-state index contributed by atoms with van der Waals surface area (Å²) in [7, 11) is 1.79. The fraction of sp³-hybridized carbons (Fsp3) is 0.200. The van der Waals surface area contributed by atoms with Gasteiger partial charge in [0.15, 0.2) is 0 Å². The van der Waals surface area contributed by atoms with Crippen molar-refractivity contribution >= 4 is 15.9 Å². The van der Waals surface area contributed by atoms with Crippen LogP contribution < -0.4 is 5.32 Å². The molecule has 0 fully saturated rings. The summed E-state index contributed by atoms with van der Waals surface area (Å²) in [5.41, 5.74) is 0.701. The van der Waals surface area contributed by atoms with Gasteiger partial charge in [0, 0.05) is 10.0 Å². The molecule has 0 radical (unpaired) electrons. The lowest BCUT2D eigenvalue weighted by Gasteiger charge is -1.98. The van der Waals surface area contributed by atoms with Crippen molar-refractivity contribution in [1.82, 2.24) is 15.5 Å². The molecule has 0 saturated carbocycles. The van der Waals surface area contributed by atoms with Crippen LogP contribution >= 0.6 is 15.9 Å². The van der Waals surface area contributed by atoms with E-state index in [2.05, 4.69) is 31.4 Å². The first-order valence-electron chi connectivity index (χ1n) is 4.63. The first kappa shape index (κ1) is 11.2. The molecule has 0 atom stereocenters. The highest BCUT2D eigenvalue weighted by molar-refractivity contribution is 9.10. The van der Waals surface area contributed by atoms with Gasteiger partial charge in [0.2, 0.25) is 11.7 Å². The van der Waals surface area contributed by atoms with Gasteiger partial charge in [-0.25, -0.2) is 4.39 Å². The van der Waals surface area contributed by atoms with Crippen molar-refractivity contribution < 1.29 is 8.91 Å². The molecule has 0 spiro atoms. The van der Waals surface area contributed by atoms with Gasteiger partial charge in [0.1, 0.15) is 5.82 Å². The summed E-state index contributed by atoms with van der Waals surface area (Å²) >= 11 is 3.25. The van der Waals surface area contributed by atoms with Gasteiger partial charge in [-0.05, 0) is 41.2 Å². The molecule has 0 bridgehead atoms. The van der Waals surface area contributed by atoms with E-state index in [4.69, 9.17) is 4.52 Å². The summed E-state index contributed by atoms with van der Waals surface area (Å²) in [5.74, 6) is 0.625. The summed E-state index contributed by atoms with van der Waals surface area (Å²) in [4.78, 5) is 4.17. The molecule has 2 aromatic rings. The van der Waals surface area contributed by atoms with E-state index in [-0.39, 0.29) is 5.82 Å². The highest BCUT2D eigenvalue weighted by Gasteiger charge is 2.11. The highest BCUT2D eigenvalue weighted by atomic mass is 79.9. The van der Waals surface area contributed by atoms with Crippen molar-refractivity contribution in [1.29, 1.82) is 0 Å². The average Bonchev–Trinajstić information content (AvgIpc) is 2.67. The molecule has 6 heteroatoms. The maximum atomic E-state index is 12.9. The third-order valence-electron chi connectivity index (χ3n) is 1.97. The molecule has 0 saturated heterocycles. The lowest BCUT2D eigenvalue weighted by Crippen LogP contribution is -2.04. The van der Waals surface area contributed by atoms with Crippen LogP contribution in [0.5, 0.6) is 0 Å². The monoisotopic (exact) mass is 285 g/mol. The van der Waals surface area contributed by atoms with Crippen molar-refractivity contribution in [3.05, 3.63) is 34.4 Å². The van der Waals surface area contributed by atoms with Crippen molar-refractivity contribution in [2.24, 2.45) is 0 Å². The van der Waals surface area contributed by atoms with Gasteiger partial charge in [-0.2, -0.15) is 4.98 Å². The Morgan fingerprint density at radius 1 is 1.50 bits per heavy atom. The molecule has 1 aromatic carbocycles. The van der Waals surface area contributed by atoms with E-state index in [1.165, 1.54) is 12.1 Å². The Morgan fingerprint density at radius 3 is 3.00 bits per heavy atom. The van der Waals surface area contributed by atoms with Crippen LogP contribution in [0.15, 0.2) is 27.2 Å². The highest BCUT2D eigenvalue weighted by Crippen LogP contribution is 2.26. The van der Waals surface area contributed by atoms with Crippen LogP contribution in [0.1, 0.15) is 5.89 Å². The Kier molecular flexibility index (Phi) is 3.31. The Hall–Kier alpha value is -1.27. The minimum atomic E-state index is -0.311. The molecule has 84 valence electrons. The molecular formula is C10H9BrFN3O. The third-order valence-corrected chi connectivity index (χ3v) is 2.62. The van der Waals surface area contributed by atoms with Gasteiger partial charge in [-0.15, -0.1) is 0 Å². The molecule has 4 nitrogen and oxygen atoms in total. The second-order valence-electron chi connectivity index (χ2n) is 3.17. The molecule has 0 aliphatic carbocycles. The van der Waals surface area contributed by atoms with Gasteiger partial charge in [-0.1, -0.05) is 5.16 Å².